The monoisotopic (exact) mass is 256 g/mol. The molecule has 1 aliphatic carbocycles. The van der Waals surface area contributed by atoms with Gasteiger partial charge in [0.2, 0.25) is 0 Å². The molecule has 0 bridgehead atoms. The number of hydrogen-bond donors (Lipinski definition) is 1. The molecular weight excluding hydrogens is 232 g/mol. The Labute approximate surface area is 116 Å². The predicted molar refractivity (Wildman–Crippen MR) is 81.4 cm³/mol. The van der Waals surface area contributed by atoms with Gasteiger partial charge in [-0.1, -0.05) is 30.4 Å². The van der Waals surface area contributed by atoms with Crippen LogP contribution < -0.4 is 5.32 Å². The number of piperazine rings is 1. The maximum atomic E-state index is 3.39. The lowest BCUT2D eigenvalue weighted by atomic mass is 9.90. The van der Waals surface area contributed by atoms with Gasteiger partial charge in [0, 0.05) is 32.7 Å². The molecule has 2 nitrogen and oxygen atoms in total. The van der Waals surface area contributed by atoms with E-state index in [1.54, 1.807) is 11.1 Å². The summed E-state index contributed by atoms with van der Waals surface area (Å²) in [4.78, 5) is 2.51. The Hall–Kier alpha value is -1.12. The molecular formula is C17H24N2. The van der Waals surface area contributed by atoms with E-state index < -0.39 is 0 Å². The number of nitrogens with one attached hydrogen (secondary N) is 1. The Morgan fingerprint density at radius 1 is 1.05 bits per heavy atom. The van der Waals surface area contributed by atoms with Crippen molar-refractivity contribution in [1.29, 1.82) is 0 Å². The van der Waals surface area contributed by atoms with Crippen molar-refractivity contribution in [2.75, 3.05) is 32.7 Å². The molecule has 1 N–H and O–H groups in total. The molecule has 1 aliphatic heterocycles. The van der Waals surface area contributed by atoms with Crippen LogP contribution in [-0.2, 0) is 12.8 Å². The number of benzene rings is 1. The lowest BCUT2D eigenvalue weighted by Crippen LogP contribution is -2.43. The molecule has 1 saturated heterocycles. The molecule has 1 heterocycles. The molecule has 2 heteroatoms. The standard InChI is InChI=1S/C17H24N2/c1-2-6-17-14-15(7-8-16(17)5-1)4-3-11-19-12-9-18-10-13-19/h3-4,7-8,14,18H,1-2,5-6,9-13H2/b4-3+. The first-order valence-electron chi connectivity index (χ1n) is 7.63. The van der Waals surface area contributed by atoms with Gasteiger partial charge in [0.1, 0.15) is 0 Å². The molecule has 3 rings (SSSR count). The fourth-order valence-corrected chi connectivity index (χ4v) is 3.09. The van der Waals surface area contributed by atoms with Crippen LogP contribution in [0.1, 0.15) is 29.5 Å². The largest absolute Gasteiger partial charge is 0.314 e. The Morgan fingerprint density at radius 3 is 2.68 bits per heavy atom. The molecule has 0 unspecified atom stereocenters. The summed E-state index contributed by atoms with van der Waals surface area (Å²) < 4.78 is 0. The fourth-order valence-electron chi connectivity index (χ4n) is 3.09. The number of hydrogen-bond acceptors (Lipinski definition) is 2. The van der Waals surface area contributed by atoms with Gasteiger partial charge in [-0.25, -0.2) is 0 Å². The van der Waals surface area contributed by atoms with Crippen molar-refractivity contribution in [3.8, 4) is 0 Å². The molecule has 0 radical (unpaired) electrons. The van der Waals surface area contributed by atoms with Gasteiger partial charge in [-0.3, -0.25) is 4.90 Å². The highest BCUT2D eigenvalue weighted by Gasteiger charge is 2.09. The van der Waals surface area contributed by atoms with Crippen molar-refractivity contribution in [3.63, 3.8) is 0 Å². The van der Waals surface area contributed by atoms with Crippen molar-refractivity contribution in [2.45, 2.75) is 25.7 Å². The van der Waals surface area contributed by atoms with Crippen LogP contribution >= 0.6 is 0 Å². The van der Waals surface area contributed by atoms with E-state index in [1.807, 2.05) is 0 Å². The maximum absolute atomic E-state index is 3.39. The predicted octanol–water partition coefficient (Wildman–Crippen LogP) is 2.48. The molecule has 1 aromatic rings. The van der Waals surface area contributed by atoms with E-state index in [0.29, 0.717) is 0 Å². The number of fused-ring (bicyclic) bond motifs is 1. The lowest BCUT2D eigenvalue weighted by molar-refractivity contribution is 0.265. The van der Waals surface area contributed by atoms with E-state index in [0.717, 1.165) is 19.6 Å². The quantitative estimate of drug-likeness (QED) is 0.894. The second-order valence-electron chi connectivity index (χ2n) is 5.69. The van der Waals surface area contributed by atoms with Crippen LogP contribution in [0.5, 0.6) is 0 Å². The van der Waals surface area contributed by atoms with E-state index in [4.69, 9.17) is 0 Å². The first-order valence-corrected chi connectivity index (χ1v) is 7.63. The van der Waals surface area contributed by atoms with E-state index in [2.05, 4.69) is 40.6 Å². The van der Waals surface area contributed by atoms with Crippen LogP contribution in [0.25, 0.3) is 6.08 Å². The average molecular weight is 256 g/mol. The summed E-state index contributed by atoms with van der Waals surface area (Å²) in [5.41, 5.74) is 4.52. The minimum absolute atomic E-state index is 1.08. The number of nitrogens with zero attached hydrogens (tertiary/aromatic N) is 1. The van der Waals surface area contributed by atoms with E-state index in [-0.39, 0.29) is 0 Å². The highest BCUT2D eigenvalue weighted by molar-refractivity contribution is 5.52. The highest BCUT2D eigenvalue weighted by atomic mass is 15.2. The van der Waals surface area contributed by atoms with Gasteiger partial charge in [-0.05, 0) is 42.4 Å². The Bertz CT molecular complexity index is 445. The van der Waals surface area contributed by atoms with Crippen molar-refractivity contribution >= 4 is 6.08 Å². The minimum Gasteiger partial charge on any atom is -0.314 e. The normalized spacial score (nSPS) is 20.6. The van der Waals surface area contributed by atoms with E-state index in [1.165, 1.54) is 44.3 Å². The van der Waals surface area contributed by atoms with Gasteiger partial charge in [-0.2, -0.15) is 0 Å². The first kappa shape index (κ1) is 12.9. The summed E-state index contributed by atoms with van der Waals surface area (Å²) in [5.74, 6) is 0. The van der Waals surface area contributed by atoms with Crippen LogP contribution in [0.2, 0.25) is 0 Å². The summed E-state index contributed by atoms with van der Waals surface area (Å²) in [6.45, 7) is 5.70. The van der Waals surface area contributed by atoms with Crippen LogP contribution in [0, 0.1) is 0 Å². The molecule has 1 aromatic carbocycles. The Morgan fingerprint density at radius 2 is 1.84 bits per heavy atom. The molecule has 19 heavy (non-hydrogen) atoms. The van der Waals surface area contributed by atoms with Crippen molar-refractivity contribution < 1.29 is 0 Å². The SMILES string of the molecule is C(=C\c1ccc2c(c1)CCCC2)/CN1CCNCC1. The third-order valence-electron chi connectivity index (χ3n) is 4.26. The average Bonchev–Trinajstić information content (AvgIpc) is 2.48. The topological polar surface area (TPSA) is 15.3 Å². The molecule has 0 spiro atoms. The molecule has 0 saturated carbocycles. The van der Waals surface area contributed by atoms with Gasteiger partial charge < -0.3 is 5.32 Å². The molecule has 0 atom stereocenters. The molecule has 1 fully saturated rings. The zero-order valence-corrected chi connectivity index (χ0v) is 11.7. The zero-order chi connectivity index (χ0) is 12.9. The van der Waals surface area contributed by atoms with Gasteiger partial charge in [0.15, 0.2) is 0 Å². The van der Waals surface area contributed by atoms with Crippen LogP contribution in [0.3, 0.4) is 0 Å². The van der Waals surface area contributed by atoms with Crippen LogP contribution in [-0.4, -0.2) is 37.6 Å². The maximum Gasteiger partial charge on any atom is 0.0167 e. The second-order valence-corrected chi connectivity index (χ2v) is 5.69. The summed E-state index contributed by atoms with van der Waals surface area (Å²) in [6.07, 6.45) is 9.88. The lowest BCUT2D eigenvalue weighted by Gasteiger charge is -2.25. The fraction of sp³-hybridized carbons (Fsp3) is 0.529. The summed E-state index contributed by atoms with van der Waals surface area (Å²) in [5, 5.41) is 3.39. The van der Waals surface area contributed by atoms with E-state index in [9.17, 15) is 0 Å². The molecule has 0 aromatic heterocycles. The van der Waals surface area contributed by atoms with Crippen molar-refractivity contribution in [2.24, 2.45) is 0 Å². The zero-order valence-electron chi connectivity index (χ0n) is 11.7. The van der Waals surface area contributed by atoms with Crippen molar-refractivity contribution in [3.05, 3.63) is 41.0 Å². The summed E-state index contributed by atoms with van der Waals surface area (Å²) in [7, 11) is 0. The van der Waals surface area contributed by atoms with Crippen LogP contribution in [0.4, 0.5) is 0 Å². The van der Waals surface area contributed by atoms with E-state index >= 15 is 0 Å². The smallest absolute Gasteiger partial charge is 0.0167 e. The molecule has 2 aliphatic rings. The third kappa shape index (κ3) is 3.46. The molecule has 102 valence electrons. The number of aryl methyl sites for hydroxylation is 2. The van der Waals surface area contributed by atoms with Gasteiger partial charge in [0.25, 0.3) is 0 Å². The van der Waals surface area contributed by atoms with Crippen molar-refractivity contribution in [1.82, 2.24) is 10.2 Å². The Balaban J connectivity index is 1.59. The van der Waals surface area contributed by atoms with Gasteiger partial charge in [0.05, 0.1) is 0 Å². The minimum atomic E-state index is 1.08. The van der Waals surface area contributed by atoms with Crippen LogP contribution in [0.15, 0.2) is 24.3 Å². The van der Waals surface area contributed by atoms with Gasteiger partial charge >= 0.3 is 0 Å². The summed E-state index contributed by atoms with van der Waals surface area (Å²) in [6, 6.07) is 7.00. The number of rotatable bonds is 3. The first-order chi connectivity index (χ1) is 9.42. The summed E-state index contributed by atoms with van der Waals surface area (Å²) >= 11 is 0. The third-order valence-corrected chi connectivity index (χ3v) is 4.26. The highest BCUT2D eigenvalue weighted by Crippen LogP contribution is 2.22. The Kier molecular flexibility index (Phi) is 4.31. The molecule has 0 amide bonds. The second kappa shape index (κ2) is 6.36. The van der Waals surface area contributed by atoms with Gasteiger partial charge in [-0.15, -0.1) is 0 Å².